The molecule has 1 rings (SSSR count). The van der Waals surface area contributed by atoms with Crippen molar-refractivity contribution >= 4 is 17.8 Å². The Morgan fingerprint density at radius 2 is 1.84 bits per heavy atom. The highest BCUT2D eigenvalue weighted by molar-refractivity contribution is 5.92. The van der Waals surface area contributed by atoms with Crippen molar-refractivity contribution in [3.63, 3.8) is 0 Å². The van der Waals surface area contributed by atoms with E-state index in [1.54, 1.807) is 24.3 Å². The van der Waals surface area contributed by atoms with Crippen molar-refractivity contribution in [3.8, 4) is 0 Å². The number of nitrogens with two attached hydrogens (primary N) is 1. The van der Waals surface area contributed by atoms with Crippen LogP contribution in [0.4, 0.5) is 0 Å². The number of aliphatic carboxylic acids is 1. The molecule has 0 aliphatic rings. The lowest BCUT2D eigenvalue weighted by atomic mass is 9.76. The molecule has 0 aliphatic carbocycles. The van der Waals surface area contributed by atoms with Gasteiger partial charge >= 0.3 is 5.97 Å². The molecule has 1 aromatic carbocycles. The van der Waals surface area contributed by atoms with Crippen LogP contribution in [0.15, 0.2) is 24.3 Å². The Morgan fingerprint density at radius 3 is 2.28 bits per heavy atom. The zero-order valence-corrected chi connectivity index (χ0v) is 14.8. The maximum Gasteiger partial charge on any atom is 0.307 e. The van der Waals surface area contributed by atoms with Gasteiger partial charge in [0.15, 0.2) is 0 Å². The summed E-state index contributed by atoms with van der Waals surface area (Å²) in [4.78, 5) is 35.3. The molecule has 0 bridgehead atoms. The van der Waals surface area contributed by atoms with Crippen LogP contribution in [-0.2, 0) is 14.3 Å². The maximum atomic E-state index is 12.6. The van der Waals surface area contributed by atoms with Crippen LogP contribution in [0.3, 0.4) is 0 Å². The van der Waals surface area contributed by atoms with Crippen LogP contribution in [0.2, 0.25) is 0 Å². The Hall–Kier alpha value is -2.41. The molecule has 0 heterocycles. The predicted molar refractivity (Wildman–Crippen MR) is 93.2 cm³/mol. The Bertz CT molecular complexity index is 600. The van der Waals surface area contributed by atoms with Gasteiger partial charge in [0, 0.05) is 19.2 Å². The lowest BCUT2D eigenvalue weighted by Gasteiger charge is -2.29. The van der Waals surface area contributed by atoms with Gasteiger partial charge in [-0.05, 0) is 30.0 Å². The first kappa shape index (κ1) is 20.6. The quantitative estimate of drug-likeness (QED) is 0.551. The molecule has 1 aromatic rings. The summed E-state index contributed by atoms with van der Waals surface area (Å²) in [7, 11) is 1.53. The Balaban J connectivity index is 3.12. The van der Waals surface area contributed by atoms with E-state index >= 15 is 0 Å². The zero-order chi connectivity index (χ0) is 19.0. The van der Waals surface area contributed by atoms with E-state index < -0.39 is 23.7 Å². The van der Waals surface area contributed by atoms with E-state index in [9.17, 15) is 19.5 Å². The topological polar surface area (TPSA) is 119 Å². The van der Waals surface area contributed by atoms with E-state index in [1.807, 2.05) is 6.92 Å². The van der Waals surface area contributed by atoms with E-state index in [1.165, 1.54) is 14.0 Å². The molecular weight excluding hydrogens is 324 g/mol. The summed E-state index contributed by atoms with van der Waals surface area (Å²) in [5.74, 6) is -3.78. The van der Waals surface area contributed by atoms with Crippen LogP contribution < -0.4 is 11.1 Å². The molecular formula is C18H26N2O5. The number of carbonyl (C=O) groups excluding carboxylic acids is 2. The summed E-state index contributed by atoms with van der Waals surface area (Å²) in [5, 5.41) is 12.1. The number of hydrogen-bond donors (Lipinski definition) is 3. The molecule has 7 heteroatoms. The number of amides is 2. The molecule has 0 fully saturated rings. The van der Waals surface area contributed by atoms with Gasteiger partial charge in [0.25, 0.3) is 0 Å². The van der Waals surface area contributed by atoms with Crippen molar-refractivity contribution in [1.82, 2.24) is 5.32 Å². The fourth-order valence-corrected chi connectivity index (χ4v) is 2.90. The van der Waals surface area contributed by atoms with Gasteiger partial charge in [-0.15, -0.1) is 0 Å². The van der Waals surface area contributed by atoms with Crippen molar-refractivity contribution in [1.29, 1.82) is 0 Å². The van der Waals surface area contributed by atoms with E-state index in [0.717, 1.165) is 5.56 Å². The molecule has 0 spiro atoms. The number of carboxylic acid groups (broad SMARTS) is 1. The minimum atomic E-state index is -1.03. The van der Waals surface area contributed by atoms with E-state index in [0.29, 0.717) is 25.1 Å². The number of benzene rings is 1. The van der Waals surface area contributed by atoms with Crippen molar-refractivity contribution in [2.24, 2.45) is 17.6 Å². The first-order valence-electron chi connectivity index (χ1n) is 8.22. The Labute approximate surface area is 147 Å². The predicted octanol–water partition coefficient (Wildman–Crippen LogP) is 1.38. The fourth-order valence-electron chi connectivity index (χ4n) is 2.90. The highest BCUT2D eigenvalue weighted by Gasteiger charge is 2.36. The van der Waals surface area contributed by atoms with Crippen molar-refractivity contribution in [2.75, 3.05) is 20.3 Å². The molecule has 7 nitrogen and oxygen atoms in total. The number of ether oxygens (including phenoxy) is 1. The highest BCUT2D eigenvalue weighted by atomic mass is 16.5. The number of carboxylic acids is 1. The SMILES string of the molecule is CCC(c1ccc(C(N)=O)cc1)C(C(=O)NCCOC)C(C)C(=O)O. The lowest BCUT2D eigenvalue weighted by molar-refractivity contribution is -0.147. The average Bonchev–Trinajstić information content (AvgIpc) is 2.59. The minimum absolute atomic E-state index is 0.296. The van der Waals surface area contributed by atoms with Crippen LogP contribution in [-0.4, -0.2) is 43.2 Å². The second kappa shape index (κ2) is 9.78. The molecule has 138 valence electrons. The molecule has 0 saturated heterocycles. The van der Waals surface area contributed by atoms with Crippen molar-refractivity contribution in [2.45, 2.75) is 26.2 Å². The van der Waals surface area contributed by atoms with Gasteiger partial charge in [-0.1, -0.05) is 26.0 Å². The molecule has 3 atom stereocenters. The Morgan fingerprint density at radius 1 is 1.24 bits per heavy atom. The van der Waals surface area contributed by atoms with Crippen LogP contribution in [0.5, 0.6) is 0 Å². The zero-order valence-electron chi connectivity index (χ0n) is 14.8. The second-order valence-corrected chi connectivity index (χ2v) is 5.94. The van der Waals surface area contributed by atoms with Gasteiger partial charge in [-0.2, -0.15) is 0 Å². The monoisotopic (exact) mass is 350 g/mol. The van der Waals surface area contributed by atoms with E-state index in [2.05, 4.69) is 5.32 Å². The summed E-state index contributed by atoms with van der Waals surface area (Å²) in [6, 6.07) is 6.62. The summed E-state index contributed by atoms with van der Waals surface area (Å²) >= 11 is 0. The largest absolute Gasteiger partial charge is 0.481 e. The lowest BCUT2D eigenvalue weighted by Crippen LogP contribution is -2.41. The number of primary amides is 1. The molecule has 0 radical (unpaired) electrons. The molecule has 0 aliphatic heterocycles. The molecule has 4 N–H and O–H groups in total. The van der Waals surface area contributed by atoms with Crippen LogP contribution in [0.25, 0.3) is 0 Å². The summed E-state index contributed by atoms with van der Waals surface area (Å²) < 4.78 is 4.91. The maximum absolute atomic E-state index is 12.6. The number of rotatable bonds is 10. The van der Waals surface area contributed by atoms with E-state index in [4.69, 9.17) is 10.5 Å². The summed E-state index contributed by atoms with van der Waals surface area (Å²) in [6.07, 6.45) is 0.579. The van der Waals surface area contributed by atoms with Gasteiger partial charge in [-0.3, -0.25) is 14.4 Å². The number of carbonyl (C=O) groups is 3. The number of methoxy groups -OCH3 is 1. The molecule has 3 unspecified atom stereocenters. The van der Waals surface area contributed by atoms with Crippen molar-refractivity contribution in [3.05, 3.63) is 35.4 Å². The molecule has 2 amide bonds. The third-order valence-corrected chi connectivity index (χ3v) is 4.33. The van der Waals surface area contributed by atoms with Gasteiger partial charge in [0.2, 0.25) is 11.8 Å². The molecule has 0 aromatic heterocycles. The fraction of sp³-hybridized carbons (Fsp3) is 0.500. The Kier molecular flexibility index (Phi) is 8.07. The van der Waals surface area contributed by atoms with Gasteiger partial charge in [0.05, 0.1) is 18.4 Å². The minimum Gasteiger partial charge on any atom is -0.481 e. The smallest absolute Gasteiger partial charge is 0.307 e. The van der Waals surface area contributed by atoms with Gasteiger partial charge in [-0.25, -0.2) is 0 Å². The summed E-state index contributed by atoms with van der Waals surface area (Å²) in [5.41, 5.74) is 6.41. The number of nitrogens with one attached hydrogen (secondary N) is 1. The third kappa shape index (κ3) is 5.56. The number of hydrogen-bond acceptors (Lipinski definition) is 4. The first-order valence-corrected chi connectivity index (χ1v) is 8.22. The first-order chi connectivity index (χ1) is 11.8. The van der Waals surface area contributed by atoms with Gasteiger partial charge < -0.3 is 20.9 Å². The normalized spacial score (nSPS) is 14.4. The molecule has 0 saturated carbocycles. The van der Waals surface area contributed by atoms with Gasteiger partial charge in [0.1, 0.15) is 0 Å². The van der Waals surface area contributed by atoms with Crippen LogP contribution in [0, 0.1) is 11.8 Å². The summed E-state index contributed by atoms with van der Waals surface area (Å²) in [6.45, 7) is 4.10. The van der Waals surface area contributed by atoms with E-state index in [-0.39, 0.29) is 11.8 Å². The standard InChI is InChI=1S/C18H26N2O5/c1-4-14(12-5-7-13(8-6-12)16(19)21)15(11(2)18(23)24)17(22)20-9-10-25-3/h5-8,11,14-15H,4,9-10H2,1-3H3,(H2,19,21)(H,20,22)(H,23,24). The average molecular weight is 350 g/mol. The highest BCUT2D eigenvalue weighted by Crippen LogP contribution is 2.34. The molecule has 25 heavy (non-hydrogen) atoms. The van der Waals surface area contributed by atoms with Crippen LogP contribution in [0.1, 0.15) is 42.1 Å². The second-order valence-electron chi connectivity index (χ2n) is 5.94. The van der Waals surface area contributed by atoms with Crippen LogP contribution >= 0.6 is 0 Å². The van der Waals surface area contributed by atoms with Crippen molar-refractivity contribution < 1.29 is 24.2 Å². The third-order valence-electron chi connectivity index (χ3n) is 4.33.